The minimum Gasteiger partial charge on any atom is -0.497 e. The third kappa shape index (κ3) is 5.32. The largest absolute Gasteiger partial charge is 0.497 e. The fraction of sp³-hybridized carbons (Fsp3) is 0.667. The molecule has 2 fully saturated rings. The summed E-state index contributed by atoms with van der Waals surface area (Å²) in [5.74, 6) is 1.10. The van der Waals surface area contributed by atoms with Gasteiger partial charge in [-0.25, -0.2) is 4.98 Å². The van der Waals surface area contributed by atoms with Crippen molar-refractivity contribution in [2.45, 2.75) is 64.5 Å². The van der Waals surface area contributed by atoms with Crippen LogP contribution >= 0.6 is 11.3 Å². The predicted molar refractivity (Wildman–Crippen MR) is 128 cm³/mol. The molecule has 2 aliphatic heterocycles. The molecule has 3 atom stereocenters. The summed E-state index contributed by atoms with van der Waals surface area (Å²) >= 11 is 1.68. The first kappa shape index (κ1) is 22.3. The van der Waals surface area contributed by atoms with Gasteiger partial charge in [0, 0.05) is 38.3 Å². The smallest absolute Gasteiger partial charge is 0.224 e. The Hall–Kier alpha value is -1.86. The van der Waals surface area contributed by atoms with Crippen molar-refractivity contribution in [1.29, 1.82) is 0 Å². The van der Waals surface area contributed by atoms with Crippen molar-refractivity contribution in [3.63, 3.8) is 0 Å². The highest BCUT2D eigenvalue weighted by Crippen LogP contribution is 2.33. The summed E-state index contributed by atoms with van der Waals surface area (Å²) in [5, 5.41) is 4.22. The first-order valence-corrected chi connectivity index (χ1v) is 12.6. The van der Waals surface area contributed by atoms with E-state index < -0.39 is 0 Å². The van der Waals surface area contributed by atoms with Gasteiger partial charge in [-0.3, -0.25) is 9.69 Å². The molecule has 1 amide bonds. The lowest BCUT2D eigenvalue weighted by Gasteiger charge is -2.39. The van der Waals surface area contributed by atoms with E-state index in [2.05, 4.69) is 29.0 Å². The molecule has 2 aliphatic rings. The lowest BCUT2D eigenvalue weighted by atomic mass is 9.97. The Morgan fingerprint density at radius 2 is 2.03 bits per heavy atom. The molecule has 0 spiro atoms. The van der Waals surface area contributed by atoms with Crippen LogP contribution in [-0.4, -0.2) is 61.2 Å². The number of carbonyl (C=O) groups is 1. The molecule has 1 aromatic carbocycles. The number of carbonyl (C=O) groups excluding carboxylic acids is 1. The highest BCUT2D eigenvalue weighted by molar-refractivity contribution is 7.22. The number of hydrogen-bond acceptors (Lipinski definition) is 6. The summed E-state index contributed by atoms with van der Waals surface area (Å²) in [7, 11) is 1.69. The van der Waals surface area contributed by atoms with Crippen LogP contribution in [0.25, 0.3) is 10.2 Å². The molecule has 2 saturated heterocycles. The van der Waals surface area contributed by atoms with Crippen LogP contribution in [0.1, 0.15) is 52.4 Å². The molecule has 2 aromatic rings. The molecule has 31 heavy (non-hydrogen) atoms. The number of anilines is 1. The number of aromatic nitrogens is 1. The quantitative estimate of drug-likeness (QED) is 0.646. The van der Waals surface area contributed by atoms with Crippen molar-refractivity contribution in [3.05, 3.63) is 18.2 Å². The molecule has 0 radical (unpaired) electrons. The second-order valence-electron chi connectivity index (χ2n) is 9.13. The van der Waals surface area contributed by atoms with E-state index in [1.54, 1.807) is 18.4 Å². The van der Waals surface area contributed by atoms with E-state index >= 15 is 0 Å². The number of amides is 1. The molecular weight excluding hydrogens is 408 g/mol. The Morgan fingerprint density at radius 3 is 2.81 bits per heavy atom. The Morgan fingerprint density at radius 1 is 1.23 bits per heavy atom. The first-order chi connectivity index (χ1) is 15.0. The molecule has 3 heterocycles. The van der Waals surface area contributed by atoms with Gasteiger partial charge < -0.3 is 15.0 Å². The van der Waals surface area contributed by atoms with Gasteiger partial charge in [0.15, 0.2) is 5.13 Å². The van der Waals surface area contributed by atoms with Crippen molar-refractivity contribution in [2.24, 2.45) is 5.92 Å². The number of rotatable bonds is 7. The highest BCUT2D eigenvalue weighted by Gasteiger charge is 2.28. The number of ether oxygens (including phenoxy) is 1. The normalized spacial score (nSPS) is 25.0. The maximum absolute atomic E-state index is 12.8. The molecule has 0 saturated carbocycles. The lowest BCUT2D eigenvalue weighted by Crippen LogP contribution is -2.46. The van der Waals surface area contributed by atoms with Crippen molar-refractivity contribution < 1.29 is 9.53 Å². The summed E-state index contributed by atoms with van der Waals surface area (Å²) in [4.78, 5) is 22.5. The molecule has 6 nitrogen and oxygen atoms in total. The van der Waals surface area contributed by atoms with Crippen LogP contribution in [-0.2, 0) is 4.79 Å². The Kier molecular flexibility index (Phi) is 7.33. The van der Waals surface area contributed by atoms with Gasteiger partial charge in [0.2, 0.25) is 5.91 Å². The maximum Gasteiger partial charge on any atom is 0.224 e. The van der Waals surface area contributed by atoms with Crippen LogP contribution in [0, 0.1) is 5.92 Å². The van der Waals surface area contributed by atoms with Crippen molar-refractivity contribution >= 4 is 32.6 Å². The Balaban J connectivity index is 1.27. The fourth-order valence-corrected chi connectivity index (χ4v) is 6.08. The molecule has 170 valence electrons. The van der Waals surface area contributed by atoms with Gasteiger partial charge in [-0.15, -0.1) is 0 Å². The number of piperidine rings is 2. The van der Waals surface area contributed by atoms with E-state index in [1.807, 2.05) is 18.2 Å². The number of nitrogens with one attached hydrogen (secondary N) is 1. The minimum atomic E-state index is 0.0446. The van der Waals surface area contributed by atoms with Crippen LogP contribution in [0.4, 0.5) is 5.13 Å². The number of methoxy groups -OCH3 is 1. The predicted octanol–water partition coefficient (Wildman–Crippen LogP) is 4.29. The highest BCUT2D eigenvalue weighted by atomic mass is 32.1. The van der Waals surface area contributed by atoms with E-state index in [0.717, 1.165) is 66.5 Å². The Labute approximate surface area is 190 Å². The number of nitrogens with zero attached hydrogens (tertiary/aromatic N) is 3. The van der Waals surface area contributed by atoms with E-state index in [4.69, 9.17) is 9.72 Å². The molecule has 1 aromatic heterocycles. The van der Waals surface area contributed by atoms with E-state index in [1.165, 1.54) is 19.3 Å². The van der Waals surface area contributed by atoms with Gasteiger partial charge in [-0.1, -0.05) is 17.8 Å². The summed E-state index contributed by atoms with van der Waals surface area (Å²) in [6.45, 7) is 8.24. The van der Waals surface area contributed by atoms with Crippen molar-refractivity contribution in [3.8, 4) is 5.75 Å². The topological polar surface area (TPSA) is 57.7 Å². The van der Waals surface area contributed by atoms with Crippen LogP contribution in [0.3, 0.4) is 0 Å². The van der Waals surface area contributed by atoms with Crippen LogP contribution in [0.15, 0.2) is 18.2 Å². The molecule has 7 heteroatoms. The first-order valence-electron chi connectivity index (χ1n) is 11.8. The van der Waals surface area contributed by atoms with Gasteiger partial charge in [-0.05, 0) is 64.2 Å². The minimum absolute atomic E-state index is 0.0446. The Bertz CT molecular complexity index is 876. The third-order valence-corrected chi connectivity index (χ3v) is 7.99. The molecule has 1 N–H and O–H groups in total. The van der Waals surface area contributed by atoms with Gasteiger partial charge >= 0.3 is 0 Å². The number of hydrogen-bond donors (Lipinski definition) is 1. The number of likely N-dealkylation sites (tertiary alicyclic amines) is 1. The third-order valence-electron chi connectivity index (χ3n) is 6.92. The fourth-order valence-electron chi connectivity index (χ4n) is 5.05. The summed E-state index contributed by atoms with van der Waals surface area (Å²) in [5.41, 5.74) is 0.994. The van der Waals surface area contributed by atoms with E-state index in [0.29, 0.717) is 12.1 Å². The molecule has 0 unspecified atom stereocenters. The van der Waals surface area contributed by atoms with Crippen molar-refractivity contribution in [2.75, 3.05) is 38.2 Å². The zero-order chi connectivity index (χ0) is 21.8. The monoisotopic (exact) mass is 444 g/mol. The maximum atomic E-state index is 12.8. The summed E-state index contributed by atoms with van der Waals surface area (Å²) < 4.78 is 6.46. The van der Waals surface area contributed by atoms with Gasteiger partial charge in [0.25, 0.3) is 0 Å². The standard InChI is InChI=1S/C24H36N4O2S/c1-17-7-4-8-18(2)28(17)14-6-12-25-23(29)19-9-5-13-27(16-19)24-26-21-11-10-20(30-3)15-22(21)31-24/h10-11,15,17-19H,4-9,12-14,16H2,1-3H3,(H,25,29)/t17-,18-,19+/m1/s1. The summed E-state index contributed by atoms with van der Waals surface area (Å²) in [6.07, 6.45) is 6.95. The van der Waals surface area contributed by atoms with E-state index in [9.17, 15) is 4.79 Å². The average molecular weight is 445 g/mol. The van der Waals surface area contributed by atoms with Gasteiger partial charge in [-0.2, -0.15) is 0 Å². The van der Waals surface area contributed by atoms with Crippen LogP contribution < -0.4 is 15.0 Å². The number of thiazole rings is 1. The number of fused-ring (bicyclic) bond motifs is 1. The molecular formula is C24H36N4O2S. The SMILES string of the molecule is COc1ccc2nc(N3CCC[C@H](C(=O)NCCCN4[C@H](C)CCC[C@H]4C)C3)sc2c1. The van der Waals surface area contributed by atoms with Gasteiger partial charge in [0.1, 0.15) is 5.75 Å². The van der Waals surface area contributed by atoms with Crippen LogP contribution in [0.5, 0.6) is 5.75 Å². The summed E-state index contributed by atoms with van der Waals surface area (Å²) in [6, 6.07) is 7.32. The zero-order valence-corrected chi connectivity index (χ0v) is 19.9. The van der Waals surface area contributed by atoms with Crippen LogP contribution in [0.2, 0.25) is 0 Å². The van der Waals surface area contributed by atoms with Crippen molar-refractivity contribution in [1.82, 2.24) is 15.2 Å². The second kappa shape index (κ2) is 10.2. The van der Waals surface area contributed by atoms with E-state index in [-0.39, 0.29) is 11.8 Å². The second-order valence-corrected chi connectivity index (χ2v) is 10.1. The molecule has 0 bridgehead atoms. The average Bonchev–Trinajstić information content (AvgIpc) is 3.21. The van der Waals surface area contributed by atoms with Gasteiger partial charge in [0.05, 0.1) is 23.2 Å². The zero-order valence-electron chi connectivity index (χ0n) is 19.1. The molecule has 4 rings (SSSR count). The molecule has 0 aliphatic carbocycles. The lowest BCUT2D eigenvalue weighted by molar-refractivity contribution is -0.125. The number of benzene rings is 1.